The summed E-state index contributed by atoms with van der Waals surface area (Å²) in [6.45, 7) is 4.48. The van der Waals surface area contributed by atoms with E-state index in [9.17, 15) is 0 Å². The monoisotopic (exact) mass is 262 g/mol. The van der Waals surface area contributed by atoms with Crippen LogP contribution in [0.5, 0.6) is 0 Å². The predicted molar refractivity (Wildman–Crippen MR) is 78.1 cm³/mol. The van der Waals surface area contributed by atoms with Gasteiger partial charge in [0.25, 0.3) is 0 Å². The third-order valence-electron chi connectivity index (χ3n) is 5.00. The Morgan fingerprint density at radius 2 is 1.72 bits per heavy atom. The Morgan fingerprint density at radius 3 is 2.33 bits per heavy atom. The Labute approximate surface area is 116 Å². The SMILES string of the molecule is CCc1ccc(C(Cl)C2CC3CC3C2)cc1CC. The number of benzene rings is 1. The first-order valence-corrected chi connectivity index (χ1v) is 7.92. The molecule has 1 aromatic rings. The molecule has 1 aromatic carbocycles. The van der Waals surface area contributed by atoms with Crippen LogP contribution in [0.3, 0.4) is 0 Å². The fourth-order valence-electron chi connectivity index (χ4n) is 3.76. The zero-order chi connectivity index (χ0) is 12.7. The number of alkyl halides is 1. The third kappa shape index (κ3) is 2.20. The highest BCUT2D eigenvalue weighted by Gasteiger charge is 2.47. The van der Waals surface area contributed by atoms with Crippen molar-refractivity contribution in [3.8, 4) is 0 Å². The van der Waals surface area contributed by atoms with Crippen molar-refractivity contribution in [1.82, 2.24) is 0 Å². The summed E-state index contributed by atoms with van der Waals surface area (Å²) >= 11 is 6.72. The van der Waals surface area contributed by atoms with E-state index < -0.39 is 0 Å². The number of rotatable bonds is 4. The summed E-state index contributed by atoms with van der Waals surface area (Å²) in [7, 11) is 0. The van der Waals surface area contributed by atoms with Crippen LogP contribution in [0.4, 0.5) is 0 Å². The summed E-state index contributed by atoms with van der Waals surface area (Å²) in [6.07, 6.45) is 6.47. The van der Waals surface area contributed by atoms with Crippen LogP contribution in [0, 0.1) is 17.8 Å². The van der Waals surface area contributed by atoms with Gasteiger partial charge in [-0.15, -0.1) is 11.6 Å². The summed E-state index contributed by atoms with van der Waals surface area (Å²) in [5.41, 5.74) is 4.33. The molecule has 0 spiro atoms. The zero-order valence-corrected chi connectivity index (χ0v) is 12.2. The second kappa shape index (κ2) is 4.89. The molecule has 0 nitrogen and oxygen atoms in total. The van der Waals surface area contributed by atoms with Gasteiger partial charge in [-0.05, 0) is 66.5 Å². The molecular formula is C17H23Cl. The molecule has 0 amide bonds. The van der Waals surface area contributed by atoms with Crippen molar-refractivity contribution < 1.29 is 0 Å². The number of hydrogen-bond donors (Lipinski definition) is 0. The van der Waals surface area contributed by atoms with Gasteiger partial charge in [-0.3, -0.25) is 0 Å². The highest BCUT2D eigenvalue weighted by atomic mass is 35.5. The normalized spacial score (nSPS) is 31.2. The maximum atomic E-state index is 6.72. The van der Waals surface area contributed by atoms with Crippen LogP contribution in [-0.2, 0) is 12.8 Å². The van der Waals surface area contributed by atoms with Crippen molar-refractivity contribution in [2.24, 2.45) is 17.8 Å². The lowest BCUT2D eigenvalue weighted by molar-refractivity contribution is 0.471. The van der Waals surface area contributed by atoms with Gasteiger partial charge in [-0.2, -0.15) is 0 Å². The molecule has 2 aliphatic carbocycles. The molecule has 0 bridgehead atoms. The maximum absolute atomic E-state index is 6.72. The Bertz CT molecular complexity index is 427. The van der Waals surface area contributed by atoms with Gasteiger partial charge in [0.15, 0.2) is 0 Å². The van der Waals surface area contributed by atoms with Gasteiger partial charge in [-0.1, -0.05) is 32.0 Å². The molecule has 0 N–H and O–H groups in total. The van der Waals surface area contributed by atoms with E-state index >= 15 is 0 Å². The van der Waals surface area contributed by atoms with Crippen LogP contribution >= 0.6 is 11.6 Å². The minimum atomic E-state index is 0.244. The summed E-state index contributed by atoms with van der Waals surface area (Å²) in [4.78, 5) is 0. The Hall–Kier alpha value is -0.490. The standard InChI is InChI=1S/C17H23Cl/c1-3-11-5-6-13(7-12(11)4-2)17(18)16-9-14-8-15(14)10-16/h5-7,14-17H,3-4,8-10H2,1-2H3. The highest BCUT2D eigenvalue weighted by molar-refractivity contribution is 6.21. The average molecular weight is 263 g/mol. The van der Waals surface area contributed by atoms with E-state index in [1.54, 1.807) is 0 Å². The van der Waals surface area contributed by atoms with Crippen LogP contribution < -0.4 is 0 Å². The Kier molecular flexibility index (Phi) is 3.40. The fourth-order valence-corrected chi connectivity index (χ4v) is 4.11. The molecule has 2 aliphatic rings. The number of aryl methyl sites for hydroxylation is 2. The van der Waals surface area contributed by atoms with Gasteiger partial charge < -0.3 is 0 Å². The van der Waals surface area contributed by atoms with E-state index in [0.717, 1.165) is 30.6 Å². The molecule has 0 saturated heterocycles. The third-order valence-corrected chi connectivity index (χ3v) is 5.61. The maximum Gasteiger partial charge on any atom is 0.0613 e. The lowest BCUT2D eigenvalue weighted by Crippen LogP contribution is -2.07. The van der Waals surface area contributed by atoms with Crippen LogP contribution in [-0.4, -0.2) is 0 Å². The summed E-state index contributed by atoms with van der Waals surface area (Å²) < 4.78 is 0. The first-order chi connectivity index (χ1) is 8.72. The molecule has 1 heteroatoms. The molecule has 2 saturated carbocycles. The van der Waals surface area contributed by atoms with Gasteiger partial charge in [0.1, 0.15) is 0 Å². The lowest BCUT2D eigenvalue weighted by Gasteiger charge is -2.20. The Balaban J connectivity index is 1.78. The number of halogens is 1. The van der Waals surface area contributed by atoms with Crippen LogP contribution in [0.2, 0.25) is 0 Å². The smallest absolute Gasteiger partial charge is 0.0613 e. The molecule has 0 radical (unpaired) electrons. The van der Waals surface area contributed by atoms with E-state index in [1.165, 1.54) is 36.0 Å². The van der Waals surface area contributed by atoms with Crippen molar-refractivity contribution in [1.29, 1.82) is 0 Å². The molecule has 3 rings (SSSR count). The van der Waals surface area contributed by atoms with Crippen LogP contribution in [0.15, 0.2) is 18.2 Å². The van der Waals surface area contributed by atoms with Crippen LogP contribution in [0.25, 0.3) is 0 Å². The molecule has 3 unspecified atom stereocenters. The molecule has 3 atom stereocenters. The van der Waals surface area contributed by atoms with Crippen molar-refractivity contribution in [3.63, 3.8) is 0 Å². The van der Waals surface area contributed by atoms with Crippen molar-refractivity contribution >= 4 is 11.6 Å². The van der Waals surface area contributed by atoms with E-state index in [-0.39, 0.29) is 5.38 Å². The first kappa shape index (κ1) is 12.5. The topological polar surface area (TPSA) is 0 Å². The lowest BCUT2D eigenvalue weighted by atomic mass is 9.91. The second-order valence-electron chi connectivity index (χ2n) is 6.12. The largest absolute Gasteiger partial charge is 0.118 e. The molecule has 18 heavy (non-hydrogen) atoms. The van der Waals surface area contributed by atoms with Gasteiger partial charge in [0.05, 0.1) is 5.38 Å². The highest BCUT2D eigenvalue weighted by Crippen LogP contribution is 2.58. The first-order valence-electron chi connectivity index (χ1n) is 7.48. The van der Waals surface area contributed by atoms with E-state index in [1.807, 2.05) is 0 Å². The number of fused-ring (bicyclic) bond motifs is 1. The average Bonchev–Trinajstić information content (AvgIpc) is 3.03. The van der Waals surface area contributed by atoms with Gasteiger partial charge in [0.2, 0.25) is 0 Å². The molecule has 0 heterocycles. The minimum absolute atomic E-state index is 0.244. The fraction of sp³-hybridized carbons (Fsp3) is 0.647. The molecule has 0 aliphatic heterocycles. The minimum Gasteiger partial charge on any atom is -0.118 e. The van der Waals surface area contributed by atoms with Crippen molar-refractivity contribution in [3.05, 3.63) is 34.9 Å². The molecule has 98 valence electrons. The Morgan fingerprint density at radius 1 is 1.06 bits per heavy atom. The summed E-state index contributed by atoms with van der Waals surface area (Å²) in [5.74, 6) is 2.78. The van der Waals surface area contributed by atoms with Gasteiger partial charge in [-0.25, -0.2) is 0 Å². The van der Waals surface area contributed by atoms with E-state index in [0.29, 0.717) is 0 Å². The van der Waals surface area contributed by atoms with E-state index in [2.05, 4.69) is 32.0 Å². The second-order valence-corrected chi connectivity index (χ2v) is 6.59. The van der Waals surface area contributed by atoms with Crippen molar-refractivity contribution in [2.45, 2.75) is 51.3 Å². The van der Waals surface area contributed by atoms with Gasteiger partial charge in [0, 0.05) is 0 Å². The molecule has 0 aromatic heterocycles. The zero-order valence-electron chi connectivity index (χ0n) is 11.5. The van der Waals surface area contributed by atoms with E-state index in [4.69, 9.17) is 11.6 Å². The molecule has 2 fully saturated rings. The van der Waals surface area contributed by atoms with Crippen LogP contribution in [0.1, 0.15) is 55.2 Å². The summed E-state index contributed by atoms with van der Waals surface area (Å²) in [5, 5.41) is 0.244. The number of hydrogen-bond acceptors (Lipinski definition) is 0. The predicted octanol–water partition coefficient (Wildman–Crippen LogP) is 5.14. The molecular weight excluding hydrogens is 240 g/mol. The summed E-state index contributed by atoms with van der Waals surface area (Å²) in [6, 6.07) is 6.92. The quantitative estimate of drug-likeness (QED) is 0.660. The van der Waals surface area contributed by atoms with Crippen molar-refractivity contribution in [2.75, 3.05) is 0 Å². The van der Waals surface area contributed by atoms with Gasteiger partial charge >= 0.3 is 0 Å².